The number of likely N-dealkylation sites (N-methyl/N-ethyl adjacent to an activating group) is 1. The van der Waals surface area contributed by atoms with E-state index in [4.69, 9.17) is 47.4 Å². The third kappa shape index (κ3) is 11.9. The second-order valence-electron chi connectivity index (χ2n) is 18.4. The largest absolute Gasteiger partial charge is 0.493 e. The predicted molar refractivity (Wildman–Crippen MR) is 259 cm³/mol. The third-order valence-electron chi connectivity index (χ3n) is 14.0. The minimum Gasteiger partial charge on any atom is -0.493 e. The van der Waals surface area contributed by atoms with Gasteiger partial charge in [-0.3, -0.25) is 0 Å². The van der Waals surface area contributed by atoms with E-state index >= 15 is 0 Å². The Labute approximate surface area is 402 Å². The molecule has 0 aromatic heterocycles. The van der Waals surface area contributed by atoms with Gasteiger partial charge >= 0.3 is 11.9 Å². The van der Waals surface area contributed by atoms with Crippen LogP contribution in [0.2, 0.25) is 0 Å². The molecule has 0 spiro atoms. The molecule has 4 atom stereocenters. The highest BCUT2D eigenvalue weighted by atomic mass is 16.5. The Morgan fingerprint density at radius 3 is 1.57 bits per heavy atom. The van der Waals surface area contributed by atoms with E-state index in [0.717, 1.165) is 85.2 Å². The van der Waals surface area contributed by atoms with Crippen LogP contribution >= 0.6 is 0 Å². The van der Waals surface area contributed by atoms with Gasteiger partial charge in [-0.05, 0) is 91.1 Å². The minimum atomic E-state index is -0.586. The van der Waals surface area contributed by atoms with Crippen LogP contribution in [0.15, 0.2) is 72.8 Å². The first kappa shape index (κ1) is 51.3. The highest BCUT2D eigenvalue weighted by Gasteiger charge is 2.42. The maximum Gasteiger partial charge on any atom is 0.331 e. The van der Waals surface area contributed by atoms with Gasteiger partial charge in [0.25, 0.3) is 0 Å². The van der Waals surface area contributed by atoms with Crippen LogP contribution in [0, 0.1) is 0 Å². The highest BCUT2D eigenvalue weighted by Crippen LogP contribution is 2.43. The summed E-state index contributed by atoms with van der Waals surface area (Å²) in [5, 5.41) is 0. The number of carbonyl (C=O) groups excluding carboxylic acids is 2. The number of nitrogens with one attached hydrogen (secondary N) is 1. The van der Waals surface area contributed by atoms with E-state index in [2.05, 4.69) is 57.3 Å². The molecule has 68 heavy (non-hydrogen) atoms. The van der Waals surface area contributed by atoms with Crippen molar-refractivity contribution >= 4 is 11.9 Å². The van der Waals surface area contributed by atoms with E-state index in [1.165, 1.54) is 27.2 Å². The van der Waals surface area contributed by atoms with Crippen LogP contribution < -0.4 is 42.8 Å². The first-order valence-electron chi connectivity index (χ1n) is 23.4. The molecule has 14 heteroatoms. The molecule has 4 aromatic carbocycles. The van der Waals surface area contributed by atoms with E-state index < -0.39 is 11.9 Å². The molecule has 0 saturated carbocycles. The predicted octanol–water partition coefficient (Wildman–Crippen LogP) is 7.06. The Morgan fingerprint density at radius 2 is 1.04 bits per heavy atom. The van der Waals surface area contributed by atoms with Gasteiger partial charge in [-0.25, -0.2) is 9.59 Å². The maximum atomic E-state index is 12.8. The minimum absolute atomic E-state index is 0.0738. The fourth-order valence-corrected chi connectivity index (χ4v) is 10.2. The summed E-state index contributed by atoms with van der Waals surface area (Å²) >= 11 is 0. The summed E-state index contributed by atoms with van der Waals surface area (Å²) in [5.74, 6) is 4.38. The molecule has 0 aliphatic carbocycles. The van der Waals surface area contributed by atoms with Gasteiger partial charge in [0, 0.05) is 61.8 Å². The molecule has 1 N–H and O–H groups in total. The molecule has 0 amide bonds. The molecular formula is C54H72N2O12+2. The molecule has 6 rings (SSSR count). The second kappa shape index (κ2) is 23.3. The average molecular weight is 941 g/mol. The summed E-state index contributed by atoms with van der Waals surface area (Å²) in [5.41, 5.74) is 6.95. The quantitative estimate of drug-likeness (QED) is 0.0354. The first-order valence-corrected chi connectivity index (χ1v) is 23.4. The van der Waals surface area contributed by atoms with Crippen molar-refractivity contribution < 1.29 is 66.3 Å². The average Bonchev–Trinajstić information content (AvgIpc) is 3.35. The van der Waals surface area contributed by atoms with E-state index in [-0.39, 0.29) is 30.8 Å². The molecular weight excluding hydrogens is 869 g/mol. The number of hydrogen-bond donors (Lipinski definition) is 1. The highest BCUT2D eigenvalue weighted by molar-refractivity contribution is 5.91. The molecule has 4 unspecified atom stereocenters. The van der Waals surface area contributed by atoms with Gasteiger partial charge in [-0.1, -0.05) is 12.1 Å². The van der Waals surface area contributed by atoms with Crippen molar-refractivity contribution in [3.8, 4) is 46.0 Å². The van der Waals surface area contributed by atoms with Crippen LogP contribution in [0.1, 0.15) is 78.6 Å². The van der Waals surface area contributed by atoms with Gasteiger partial charge in [0.2, 0.25) is 0 Å². The third-order valence-corrected chi connectivity index (χ3v) is 14.0. The number of carbonyl (C=O) groups is 2. The zero-order chi connectivity index (χ0) is 49.0. The summed E-state index contributed by atoms with van der Waals surface area (Å²) in [4.78, 5) is 27.1. The first-order chi connectivity index (χ1) is 32.7. The van der Waals surface area contributed by atoms with Crippen molar-refractivity contribution in [1.82, 2.24) is 0 Å². The number of rotatable bonds is 23. The van der Waals surface area contributed by atoms with E-state index in [0.29, 0.717) is 53.1 Å². The molecule has 368 valence electrons. The van der Waals surface area contributed by atoms with Crippen molar-refractivity contribution in [1.29, 1.82) is 0 Å². The Kier molecular flexibility index (Phi) is 17.5. The standard InChI is InChI=1S/C54H71N2O12/c1-54(2,55-23-20-38-32-48(63-8)50(65-10)34-40(38)42(55)28-36-14-16-44(59-4)46(30-36)61-6)22-12-26-67-52(57)18-19-53(58)68-27-13-24-56(3)25-21-39-33-49(64-9)51(66-11)35-41(39)43(56)29-37-15-17-45(60-5)47(31-37)62-7/h14-19,30-35,42-43H,12-13,20-29H2,1-11H3/q+1/p+1. The number of hydrogen-bond acceptors (Lipinski definition) is 12. The van der Waals surface area contributed by atoms with Gasteiger partial charge < -0.3 is 56.8 Å². The van der Waals surface area contributed by atoms with E-state index in [1.54, 1.807) is 56.9 Å². The molecule has 4 aromatic rings. The number of esters is 2. The fourth-order valence-electron chi connectivity index (χ4n) is 10.2. The van der Waals surface area contributed by atoms with Gasteiger partial charge in [0.1, 0.15) is 12.1 Å². The number of nitrogens with zero attached hydrogens (tertiary/aromatic N) is 1. The molecule has 2 heterocycles. The van der Waals surface area contributed by atoms with E-state index in [1.807, 2.05) is 24.3 Å². The Bertz CT molecular complexity index is 2400. The van der Waals surface area contributed by atoms with Crippen LogP contribution in [-0.2, 0) is 44.7 Å². The zero-order valence-electron chi connectivity index (χ0n) is 41.9. The molecule has 0 fully saturated rings. The topological polar surface area (TPSA) is 131 Å². The van der Waals surface area contributed by atoms with Gasteiger partial charge in [-0.15, -0.1) is 0 Å². The lowest BCUT2D eigenvalue weighted by Gasteiger charge is -2.46. The van der Waals surface area contributed by atoms with Crippen LogP contribution in [0.5, 0.6) is 46.0 Å². The lowest BCUT2D eigenvalue weighted by molar-refractivity contribution is -0.980. The normalized spacial score (nSPS) is 18.7. The van der Waals surface area contributed by atoms with Gasteiger partial charge in [0.05, 0.1) is 102 Å². The van der Waals surface area contributed by atoms with Gasteiger partial charge in [-0.2, -0.15) is 0 Å². The Morgan fingerprint density at radius 1 is 0.588 bits per heavy atom. The molecule has 14 nitrogen and oxygen atoms in total. The second-order valence-corrected chi connectivity index (χ2v) is 18.4. The van der Waals surface area contributed by atoms with Crippen LogP contribution in [0.3, 0.4) is 0 Å². The summed E-state index contributed by atoms with van der Waals surface area (Å²) < 4.78 is 57.0. The summed E-state index contributed by atoms with van der Waals surface area (Å²) in [7, 11) is 15.5. The molecule has 2 aliphatic rings. The molecule has 2 aliphatic heterocycles. The van der Waals surface area contributed by atoms with Crippen LogP contribution in [0.4, 0.5) is 0 Å². The van der Waals surface area contributed by atoms with E-state index in [9.17, 15) is 9.59 Å². The number of benzene rings is 4. The monoisotopic (exact) mass is 941 g/mol. The van der Waals surface area contributed by atoms with Crippen molar-refractivity contribution in [2.45, 2.75) is 76.4 Å². The summed E-state index contributed by atoms with van der Waals surface area (Å²) in [6, 6.07) is 20.7. The zero-order valence-corrected chi connectivity index (χ0v) is 41.9. The summed E-state index contributed by atoms with van der Waals surface area (Å²) in [6.07, 6.45) is 7.61. The van der Waals surface area contributed by atoms with Gasteiger partial charge in [0.15, 0.2) is 46.0 Å². The number of methoxy groups -OCH3 is 8. The van der Waals surface area contributed by atoms with Crippen molar-refractivity contribution in [3.63, 3.8) is 0 Å². The molecule has 0 bridgehead atoms. The lowest BCUT2D eigenvalue weighted by atomic mass is 9.83. The number of ether oxygens (including phenoxy) is 10. The summed E-state index contributed by atoms with van der Waals surface area (Å²) in [6.45, 7) is 7.52. The number of quaternary nitrogens is 2. The molecule has 0 saturated heterocycles. The lowest BCUT2D eigenvalue weighted by Crippen LogP contribution is -3.20. The Hall–Kier alpha value is -6.12. The van der Waals surface area contributed by atoms with Crippen LogP contribution in [-0.4, -0.2) is 119 Å². The smallest absolute Gasteiger partial charge is 0.331 e. The Balaban J connectivity index is 1.03. The SMILES string of the molecule is COc1ccc(CC2c3cc(OC)c(OC)cc3CC[NH+]2C(C)(C)CCCOC(=O)C=CC(=O)OCCC[N+]2(C)CCc3cc(OC)c(OC)cc3C2Cc2ccc(OC)c(OC)c2)cc1OC. The fraction of sp³-hybridized carbons (Fsp3) is 0.481. The van der Waals surface area contributed by atoms with Crippen LogP contribution in [0.25, 0.3) is 0 Å². The van der Waals surface area contributed by atoms with Crippen molar-refractivity contribution in [2.75, 3.05) is 96.8 Å². The number of fused-ring (bicyclic) bond motifs is 2. The van der Waals surface area contributed by atoms with Crippen molar-refractivity contribution in [2.24, 2.45) is 0 Å². The maximum absolute atomic E-state index is 12.8. The van der Waals surface area contributed by atoms with Crippen molar-refractivity contribution in [3.05, 3.63) is 106 Å². The molecule has 0 radical (unpaired) electrons.